The summed E-state index contributed by atoms with van der Waals surface area (Å²) in [5, 5.41) is 0. The molecule has 1 aliphatic carbocycles. The number of carbonyl (C=O) groups is 2. The molecule has 2 aliphatic rings. The van der Waals surface area contributed by atoms with Crippen LogP contribution in [0, 0.1) is 19.8 Å². The number of piperazine rings is 1. The normalized spacial score (nSPS) is 18.8. The summed E-state index contributed by atoms with van der Waals surface area (Å²) in [6, 6.07) is 1.99. The van der Waals surface area contributed by atoms with E-state index in [4.69, 9.17) is 0 Å². The molecule has 1 amide bonds. The van der Waals surface area contributed by atoms with E-state index in [-0.39, 0.29) is 5.78 Å². The standard InChI is InChI=1S/C22H33N3O2/c1-4-9-25-17(2)14-20(18(25)3)21(26)16-23-10-12-24(13-11-23)22(27)15-19-7-5-6-8-19/h4,14,19H,1,5-13,15-16H2,2-3H3. The molecule has 27 heavy (non-hydrogen) atoms. The van der Waals surface area contributed by atoms with Gasteiger partial charge in [0.25, 0.3) is 0 Å². The quantitative estimate of drug-likeness (QED) is 0.546. The number of aromatic nitrogens is 1. The summed E-state index contributed by atoms with van der Waals surface area (Å²) in [4.78, 5) is 29.4. The van der Waals surface area contributed by atoms with Crippen LogP contribution in [0.3, 0.4) is 0 Å². The summed E-state index contributed by atoms with van der Waals surface area (Å²) in [6.07, 6.45) is 7.56. The first-order valence-electron chi connectivity index (χ1n) is 10.3. The van der Waals surface area contributed by atoms with Crippen LogP contribution in [0.5, 0.6) is 0 Å². The zero-order valence-electron chi connectivity index (χ0n) is 16.9. The minimum atomic E-state index is 0.171. The lowest BCUT2D eigenvalue weighted by Crippen LogP contribution is -2.50. The first-order chi connectivity index (χ1) is 13.0. The third kappa shape index (κ3) is 4.70. The van der Waals surface area contributed by atoms with E-state index in [1.54, 1.807) is 0 Å². The average molecular weight is 372 g/mol. The SMILES string of the molecule is C=CCn1c(C)cc(C(=O)CN2CCN(C(=O)CC3CCCC3)CC2)c1C. The van der Waals surface area contributed by atoms with Gasteiger partial charge in [-0.3, -0.25) is 14.5 Å². The number of hydrogen-bond donors (Lipinski definition) is 0. The Morgan fingerprint density at radius 1 is 1.15 bits per heavy atom. The molecule has 0 bridgehead atoms. The van der Waals surface area contributed by atoms with Gasteiger partial charge in [0.1, 0.15) is 0 Å². The number of allylic oxidation sites excluding steroid dienone is 1. The van der Waals surface area contributed by atoms with Crippen molar-refractivity contribution in [2.75, 3.05) is 32.7 Å². The van der Waals surface area contributed by atoms with Gasteiger partial charge in [-0.15, -0.1) is 6.58 Å². The van der Waals surface area contributed by atoms with Gasteiger partial charge in [-0.25, -0.2) is 0 Å². The fourth-order valence-electron chi connectivity index (χ4n) is 4.53. The summed E-state index contributed by atoms with van der Waals surface area (Å²) < 4.78 is 2.12. The van der Waals surface area contributed by atoms with Crippen molar-refractivity contribution in [1.29, 1.82) is 0 Å². The highest BCUT2D eigenvalue weighted by Crippen LogP contribution is 2.28. The third-order valence-corrected chi connectivity index (χ3v) is 6.22. The highest BCUT2D eigenvalue weighted by Gasteiger charge is 2.26. The highest BCUT2D eigenvalue weighted by atomic mass is 16.2. The van der Waals surface area contributed by atoms with Crippen molar-refractivity contribution < 1.29 is 9.59 Å². The molecule has 1 aromatic rings. The maximum absolute atomic E-state index is 12.8. The number of carbonyl (C=O) groups excluding carboxylic acids is 2. The van der Waals surface area contributed by atoms with Gasteiger partial charge in [0.15, 0.2) is 5.78 Å². The Labute approximate surface area is 163 Å². The topological polar surface area (TPSA) is 45.6 Å². The lowest BCUT2D eigenvalue weighted by atomic mass is 10.0. The molecular formula is C22H33N3O2. The number of amides is 1. The van der Waals surface area contributed by atoms with E-state index in [2.05, 4.69) is 16.0 Å². The summed E-state index contributed by atoms with van der Waals surface area (Å²) in [7, 11) is 0. The number of ketones is 1. The third-order valence-electron chi connectivity index (χ3n) is 6.22. The Morgan fingerprint density at radius 3 is 2.44 bits per heavy atom. The maximum atomic E-state index is 12.8. The Balaban J connectivity index is 1.50. The second-order valence-electron chi connectivity index (χ2n) is 8.12. The van der Waals surface area contributed by atoms with Gasteiger partial charge in [0, 0.05) is 56.1 Å². The summed E-state index contributed by atoms with van der Waals surface area (Å²) in [5.74, 6) is 1.08. The zero-order valence-corrected chi connectivity index (χ0v) is 16.9. The molecule has 3 rings (SSSR count). The Kier molecular flexibility index (Phi) is 6.53. The predicted octanol–water partition coefficient (Wildman–Crippen LogP) is 3.20. The smallest absolute Gasteiger partial charge is 0.222 e. The molecule has 1 aromatic heterocycles. The van der Waals surface area contributed by atoms with Crippen LogP contribution in [0.15, 0.2) is 18.7 Å². The van der Waals surface area contributed by atoms with Crippen LogP contribution < -0.4 is 0 Å². The molecule has 0 unspecified atom stereocenters. The zero-order chi connectivity index (χ0) is 19.4. The van der Waals surface area contributed by atoms with Gasteiger partial charge in [0.2, 0.25) is 5.91 Å². The molecule has 0 N–H and O–H groups in total. The molecule has 1 saturated heterocycles. The molecule has 0 spiro atoms. The molecule has 0 aromatic carbocycles. The molecule has 5 heteroatoms. The largest absolute Gasteiger partial charge is 0.345 e. The second kappa shape index (κ2) is 8.87. The predicted molar refractivity (Wildman–Crippen MR) is 108 cm³/mol. The fraction of sp³-hybridized carbons (Fsp3) is 0.636. The van der Waals surface area contributed by atoms with Crippen LogP contribution in [0.25, 0.3) is 0 Å². The van der Waals surface area contributed by atoms with Crippen molar-refractivity contribution in [3.05, 3.63) is 35.7 Å². The number of hydrogen-bond acceptors (Lipinski definition) is 3. The lowest BCUT2D eigenvalue weighted by Gasteiger charge is -2.34. The molecule has 148 valence electrons. The first kappa shape index (κ1) is 19.9. The van der Waals surface area contributed by atoms with E-state index in [1.807, 2.05) is 30.9 Å². The van der Waals surface area contributed by atoms with Gasteiger partial charge in [0.05, 0.1) is 6.54 Å². The summed E-state index contributed by atoms with van der Waals surface area (Å²) >= 11 is 0. The monoisotopic (exact) mass is 371 g/mol. The highest BCUT2D eigenvalue weighted by molar-refractivity contribution is 5.99. The van der Waals surface area contributed by atoms with Crippen LogP contribution in [-0.2, 0) is 11.3 Å². The molecule has 1 aliphatic heterocycles. The van der Waals surface area contributed by atoms with Crippen LogP contribution in [-0.4, -0.2) is 58.8 Å². The Bertz CT molecular complexity index is 693. The molecule has 2 heterocycles. The van der Waals surface area contributed by atoms with Crippen LogP contribution in [0.1, 0.15) is 53.8 Å². The lowest BCUT2D eigenvalue weighted by molar-refractivity contribution is -0.133. The average Bonchev–Trinajstić information content (AvgIpc) is 3.26. The van der Waals surface area contributed by atoms with Crippen molar-refractivity contribution in [2.45, 2.75) is 52.5 Å². The number of rotatable bonds is 7. The van der Waals surface area contributed by atoms with Gasteiger partial charge in [-0.05, 0) is 38.7 Å². The van der Waals surface area contributed by atoms with E-state index in [9.17, 15) is 9.59 Å². The number of aryl methyl sites for hydroxylation is 1. The Morgan fingerprint density at radius 2 is 1.81 bits per heavy atom. The minimum absolute atomic E-state index is 0.171. The summed E-state index contributed by atoms with van der Waals surface area (Å²) in [5.41, 5.74) is 2.93. The van der Waals surface area contributed by atoms with E-state index >= 15 is 0 Å². The van der Waals surface area contributed by atoms with Crippen LogP contribution >= 0.6 is 0 Å². The van der Waals surface area contributed by atoms with Crippen molar-refractivity contribution in [3.8, 4) is 0 Å². The van der Waals surface area contributed by atoms with Crippen molar-refractivity contribution >= 4 is 11.7 Å². The van der Waals surface area contributed by atoms with E-state index in [1.165, 1.54) is 25.7 Å². The minimum Gasteiger partial charge on any atom is -0.345 e. The van der Waals surface area contributed by atoms with Crippen LogP contribution in [0.4, 0.5) is 0 Å². The summed E-state index contributed by atoms with van der Waals surface area (Å²) in [6.45, 7) is 12.0. The van der Waals surface area contributed by atoms with E-state index < -0.39 is 0 Å². The molecule has 5 nitrogen and oxygen atoms in total. The molecule has 0 atom stereocenters. The van der Waals surface area contributed by atoms with Crippen molar-refractivity contribution in [1.82, 2.24) is 14.4 Å². The van der Waals surface area contributed by atoms with Gasteiger partial charge in [-0.1, -0.05) is 18.9 Å². The van der Waals surface area contributed by atoms with Gasteiger partial charge in [-0.2, -0.15) is 0 Å². The van der Waals surface area contributed by atoms with Crippen molar-refractivity contribution in [2.24, 2.45) is 5.92 Å². The number of nitrogens with zero attached hydrogens (tertiary/aromatic N) is 3. The van der Waals surface area contributed by atoms with E-state index in [0.29, 0.717) is 24.8 Å². The van der Waals surface area contributed by atoms with Crippen LogP contribution in [0.2, 0.25) is 0 Å². The van der Waals surface area contributed by atoms with Gasteiger partial charge < -0.3 is 9.47 Å². The second-order valence-corrected chi connectivity index (χ2v) is 8.12. The van der Waals surface area contributed by atoms with Crippen molar-refractivity contribution in [3.63, 3.8) is 0 Å². The van der Waals surface area contributed by atoms with Gasteiger partial charge >= 0.3 is 0 Å². The number of Topliss-reactive ketones (excluding diaryl/α,β-unsaturated/α-hetero) is 1. The molecule has 2 fully saturated rings. The molecular weight excluding hydrogens is 338 g/mol. The van der Waals surface area contributed by atoms with E-state index in [0.717, 1.165) is 49.7 Å². The fourth-order valence-corrected chi connectivity index (χ4v) is 4.53. The molecule has 0 radical (unpaired) electrons. The maximum Gasteiger partial charge on any atom is 0.222 e. The Hall–Kier alpha value is -1.88. The first-order valence-corrected chi connectivity index (χ1v) is 10.3. The molecule has 1 saturated carbocycles.